The maximum atomic E-state index is 13.4. The van der Waals surface area contributed by atoms with Crippen molar-refractivity contribution in [3.63, 3.8) is 0 Å². The Morgan fingerprint density at radius 2 is 1.91 bits per heavy atom. The number of hydrogen-bond acceptors (Lipinski definition) is 3. The van der Waals surface area contributed by atoms with Crippen LogP contribution < -0.4 is 14.8 Å². The molecular weight excluding hydrogens is 297 g/mol. The summed E-state index contributed by atoms with van der Waals surface area (Å²) < 4.78 is 24.4. The first-order valence-corrected chi connectivity index (χ1v) is 7.27. The van der Waals surface area contributed by atoms with E-state index in [2.05, 4.69) is 5.32 Å². The van der Waals surface area contributed by atoms with E-state index in [1.54, 1.807) is 31.2 Å². The molecule has 1 N–H and O–H groups in total. The Labute approximate surface area is 133 Å². The van der Waals surface area contributed by atoms with Gasteiger partial charge < -0.3 is 14.8 Å². The van der Waals surface area contributed by atoms with Crippen LogP contribution in [0.25, 0.3) is 6.08 Å². The van der Waals surface area contributed by atoms with Crippen LogP contribution >= 0.6 is 0 Å². The van der Waals surface area contributed by atoms with Gasteiger partial charge in [-0.1, -0.05) is 12.1 Å². The lowest BCUT2D eigenvalue weighted by molar-refractivity contribution is -0.111. The van der Waals surface area contributed by atoms with E-state index >= 15 is 0 Å². The Hall–Kier alpha value is -2.82. The van der Waals surface area contributed by atoms with Crippen LogP contribution in [0.3, 0.4) is 0 Å². The van der Waals surface area contributed by atoms with Gasteiger partial charge in [0.2, 0.25) is 5.91 Å². The molecule has 0 saturated heterocycles. The second kappa shape index (κ2) is 6.52. The Balaban J connectivity index is 1.67. The number of carbonyl (C=O) groups is 1. The second-order valence-electron chi connectivity index (χ2n) is 5.19. The van der Waals surface area contributed by atoms with Gasteiger partial charge in [-0.25, -0.2) is 4.39 Å². The van der Waals surface area contributed by atoms with Crippen LogP contribution in [0, 0.1) is 12.7 Å². The molecule has 0 unspecified atom stereocenters. The summed E-state index contributed by atoms with van der Waals surface area (Å²) in [6.07, 6.45) is 3.06. The summed E-state index contributed by atoms with van der Waals surface area (Å²) in [5, 5.41) is 2.62. The number of halogens is 1. The van der Waals surface area contributed by atoms with E-state index in [-0.39, 0.29) is 11.7 Å². The monoisotopic (exact) mass is 313 g/mol. The van der Waals surface area contributed by atoms with Gasteiger partial charge in [-0.3, -0.25) is 4.79 Å². The van der Waals surface area contributed by atoms with Crippen molar-refractivity contribution < 1.29 is 18.7 Å². The van der Waals surface area contributed by atoms with Crippen molar-refractivity contribution in [3.05, 3.63) is 59.4 Å². The lowest BCUT2D eigenvalue weighted by Gasteiger charge is -2.18. The molecule has 0 aromatic heterocycles. The zero-order valence-corrected chi connectivity index (χ0v) is 12.6. The minimum atomic E-state index is -0.349. The molecule has 0 spiro atoms. The first-order chi connectivity index (χ1) is 11.1. The van der Waals surface area contributed by atoms with Crippen LogP contribution in [0.4, 0.5) is 10.1 Å². The highest BCUT2D eigenvalue weighted by Crippen LogP contribution is 2.31. The van der Waals surface area contributed by atoms with Crippen LogP contribution in [-0.4, -0.2) is 19.1 Å². The largest absolute Gasteiger partial charge is 0.486 e. The normalized spacial score (nSPS) is 13.1. The van der Waals surface area contributed by atoms with Gasteiger partial charge in [-0.2, -0.15) is 0 Å². The molecule has 2 aromatic rings. The van der Waals surface area contributed by atoms with Gasteiger partial charge in [-0.05, 0) is 48.4 Å². The number of benzene rings is 2. The molecule has 1 aliphatic rings. The third kappa shape index (κ3) is 3.69. The summed E-state index contributed by atoms with van der Waals surface area (Å²) >= 11 is 0. The van der Waals surface area contributed by atoms with E-state index in [1.165, 1.54) is 12.1 Å². The highest BCUT2D eigenvalue weighted by atomic mass is 19.1. The van der Waals surface area contributed by atoms with Gasteiger partial charge >= 0.3 is 0 Å². The van der Waals surface area contributed by atoms with Crippen LogP contribution in [0.15, 0.2) is 42.5 Å². The molecule has 5 heteroatoms. The molecule has 1 heterocycles. The zero-order valence-electron chi connectivity index (χ0n) is 12.6. The number of amides is 1. The molecule has 0 saturated carbocycles. The maximum Gasteiger partial charge on any atom is 0.248 e. The molecule has 0 fully saturated rings. The van der Waals surface area contributed by atoms with Crippen LogP contribution in [-0.2, 0) is 4.79 Å². The molecule has 3 rings (SSSR count). The standard InChI is InChI=1S/C18H16FNO3/c1-12-2-5-14(11-15(12)19)20-18(21)7-4-13-3-6-16-17(10-13)23-9-8-22-16/h2-7,10-11H,8-9H2,1H3,(H,20,21). The zero-order chi connectivity index (χ0) is 16.2. The average Bonchev–Trinajstić information content (AvgIpc) is 2.56. The van der Waals surface area contributed by atoms with E-state index < -0.39 is 0 Å². The minimum absolute atomic E-state index is 0.330. The highest BCUT2D eigenvalue weighted by Gasteiger charge is 2.10. The smallest absolute Gasteiger partial charge is 0.248 e. The molecule has 1 aliphatic heterocycles. The maximum absolute atomic E-state index is 13.4. The molecular formula is C18H16FNO3. The first-order valence-electron chi connectivity index (χ1n) is 7.27. The van der Waals surface area contributed by atoms with Gasteiger partial charge in [0.15, 0.2) is 11.5 Å². The van der Waals surface area contributed by atoms with E-state index in [1.807, 2.05) is 12.1 Å². The third-order valence-corrected chi connectivity index (χ3v) is 3.43. The van der Waals surface area contributed by atoms with Crippen LogP contribution in [0.5, 0.6) is 11.5 Å². The van der Waals surface area contributed by atoms with Crippen molar-refractivity contribution in [3.8, 4) is 11.5 Å². The number of fused-ring (bicyclic) bond motifs is 1. The molecule has 0 aliphatic carbocycles. The van der Waals surface area contributed by atoms with Crippen molar-refractivity contribution in [1.82, 2.24) is 0 Å². The average molecular weight is 313 g/mol. The van der Waals surface area contributed by atoms with E-state index in [9.17, 15) is 9.18 Å². The molecule has 0 atom stereocenters. The van der Waals surface area contributed by atoms with Gasteiger partial charge in [0.05, 0.1) is 0 Å². The van der Waals surface area contributed by atoms with E-state index in [4.69, 9.17) is 9.47 Å². The minimum Gasteiger partial charge on any atom is -0.486 e. The summed E-state index contributed by atoms with van der Waals surface area (Å²) in [5.74, 6) is 0.689. The number of carbonyl (C=O) groups excluding carboxylic acids is 1. The van der Waals surface area contributed by atoms with Crippen molar-refractivity contribution in [2.45, 2.75) is 6.92 Å². The molecule has 2 aromatic carbocycles. The lowest BCUT2D eigenvalue weighted by Crippen LogP contribution is -2.15. The predicted octanol–water partition coefficient (Wildman–Crippen LogP) is 3.56. The number of hydrogen-bond donors (Lipinski definition) is 1. The summed E-state index contributed by atoms with van der Waals surface area (Å²) in [5.41, 5.74) is 1.78. The fourth-order valence-electron chi connectivity index (χ4n) is 2.19. The van der Waals surface area contributed by atoms with Gasteiger partial charge in [0, 0.05) is 11.8 Å². The number of nitrogens with one attached hydrogen (secondary N) is 1. The van der Waals surface area contributed by atoms with Crippen LogP contribution in [0.1, 0.15) is 11.1 Å². The number of aryl methyl sites for hydroxylation is 1. The quantitative estimate of drug-likeness (QED) is 0.882. The molecule has 0 bridgehead atoms. The molecule has 23 heavy (non-hydrogen) atoms. The number of anilines is 1. The molecule has 4 nitrogen and oxygen atoms in total. The third-order valence-electron chi connectivity index (χ3n) is 3.43. The van der Waals surface area contributed by atoms with Gasteiger partial charge in [0.25, 0.3) is 0 Å². The van der Waals surface area contributed by atoms with Gasteiger partial charge in [0.1, 0.15) is 19.0 Å². The van der Waals surface area contributed by atoms with Crippen molar-refractivity contribution in [1.29, 1.82) is 0 Å². The summed E-state index contributed by atoms with van der Waals surface area (Å²) in [6.45, 7) is 2.72. The topological polar surface area (TPSA) is 47.6 Å². The number of rotatable bonds is 3. The summed E-state index contributed by atoms with van der Waals surface area (Å²) in [4.78, 5) is 11.9. The van der Waals surface area contributed by atoms with Crippen molar-refractivity contribution in [2.24, 2.45) is 0 Å². The molecule has 0 radical (unpaired) electrons. The summed E-state index contributed by atoms with van der Waals surface area (Å²) in [6, 6.07) is 10.0. The molecule has 1 amide bonds. The lowest BCUT2D eigenvalue weighted by atomic mass is 10.1. The second-order valence-corrected chi connectivity index (χ2v) is 5.19. The Kier molecular flexibility index (Phi) is 4.28. The Morgan fingerprint density at radius 1 is 1.13 bits per heavy atom. The van der Waals surface area contributed by atoms with Gasteiger partial charge in [-0.15, -0.1) is 0 Å². The van der Waals surface area contributed by atoms with E-state index in [0.29, 0.717) is 36.0 Å². The fraction of sp³-hybridized carbons (Fsp3) is 0.167. The first kappa shape index (κ1) is 15.1. The highest BCUT2D eigenvalue weighted by molar-refractivity contribution is 6.01. The Morgan fingerprint density at radius 3 is 2.70 bits per heavy atom. The summed E-state index contributed by atoms with van der Waals surface area (Å²) in [7, 11) is 0. The SMILES string of the molecule is Cc1ccc(NC(=O)C=Cc2ccc3c(c2)OCCO3)cc1F. The van der Waals surface area contributed by atoms with Crippen molar-refractivity contribution >= 4 is 17.7 Å². The van der Waals surface area contributed by atoms with Crippen molar-refractivity contribution in [2.75, 3.05) is 18.5 Å². The van der Waals surface area contributed by atoms with Crippen LogP contribution in [0.2, 0.25) is 0 Å². The predicted molar refractivity (Wildman–Crippen MR) is 86.2 cm³/mol. The molecule has 118 valence electrons. The fourth-order valence-corrected chi connectivity index (χ4v) is 2.19. The number of ether oxygens (including phenoxy) is 2. The van der Waals surface area contributed by atoms with E-state index in [0.717, 1.165) is 5.56 Å². The Bertz CT molecular complexity index is 771.